The first-order valence-electron chi connectivity index (χ1n) is 20.8. The Morgan fingerprint density at radius 3 is 2.28 bits per heavy atom. The van der Waals surface area contributed by atoms with E-state index in [4.69, 9.17) is 0 Å². The summed E-state index contributed by atoms with van der Waals surface area (Å²) in [5.41, 5.74) is 7.29. The van der Waals surface area contributed by atoms with Crippen LogP contribution in [-0.2, 0) is 6.54 Å². The Morgan fingerprint density at radius 1 is 0.776 bits per heavy atom. The number of carbonyl (C=O) groups is 1. The number of piperidine rings is 2. The predicted octanol–water partition coefficient (Wildman–Crippen LogP) is 7.91. The van der Waals surface area contributed by atoms with Crippen molar-refractivity contribution in [1.82, 2.24) is 25.1 Å². The van der Waals surface area contributed by atoms with Crippen molar-refractivity contribution >= 4 is 16.8 Å². The number of hydrogen-bond acceptors (Lipinski definition) is 7. The lowest BCUT2D eigenvalue weighted by Crippen LogP contribution is -2.41. The van der Waals surface area contributed by atoms with Gasteiger partial charge in [0.05, 0.1) is 17.2 Å². The van der Waals surface area contributed by atoms with Crippen molar-refractivity contribution in [2.24, 2.45) is 11.8 Å². The highest BCUT2D eigenvalue weighted by Gasteiger charge is 2.27. The van der Waals surface area contributed by atoms with Gasteiger partial charge in [0.15, 0.2) is 0 Å². The molecular weight excluding hydrogens is 723 g/mol. The molecule has 2 unspecified atom stereocenters. The molecule has 2 aliphatic heterocycles. The molecule has 58 heavy (non-hydrogen) atoms. The van der Waals surface area contributed by atoms with Gasteiger partial charge in [0.25, 0.3) is 5.91 Å². The first-order valence-corrected chi connectivity index (χ1v) is 20.8. The standard InChI is InChI=1S/C49H53N5O4/c55-45-16-14-42(43-15-17-47(57)52-48(43)45)46(56)32-50-29-35-20-24-54(25-21-35)49(58)41-28-40(30-51-31-41)38-12-7-13-39(27-38)44(37-10-5-2-6-11-37)26-34-18-22-53(23-19-34)33-36-8-3-1-4-9-36/h1-17,27-28,30-31,34-35,44,46,50,55-56H,18-26,29,32-33H2,(H,52,57). The number of nitrogens with zero attached hydrogens (tertiary/aromatic N) is 3. The van der Waals surface area contributed by atoms with Crippen molar-refractivity contribution < 1.29 is 15.0 Å². The van der Waals surface area contributed by atoms with Crippen molar-refractivity contribution in [2.45, 2.75) is 50.7 Å². The van der Waals surface area contributed by atoms with E-state index < -0.39 is 6.10 Å². The summed E-state index contributed by atoms with van der Waals surface area (Å²) in [5.74, 6) is 1.28. The molecule has 0 saturated carbocycles. The summed E-state index contributed by atoms with van der Waals surface area (Å²) in [6, 6.07) is 38.7. The van der Waals surface area contributed by atoms with Crippen LogP contribution in [-0.4, -0.2) is 75.2 Å². The van der Waals surface area contributed by atoms with Crippen molar-refractivity contribution in [1.29, 1.82) is 0 Å². The summed E-state index contributed by atoms with van der Waals surface area (Å²) in [4.78, 5) is 37.3. The first-order chi connectivity index (χ1) is 28.4. The fourth-order valence-electron chi connectivity index (χ4n) is 8.96. The minimum Gasteiger partial charge on any atom is -0.506 e. The average Bonchev–Trinajstić information content (AvgIpc) is 3.27. The number of aliphatic hydroxyl groups is 1. The molecule has 0 aliphatic carbocycles. The van der Waals surface area contributed by atoms with Gasteiger partial charge in [-0.3, -0.25) is 19.5 Å². The molecular formula is C49H53N5O4. The number of rotatable bonds is 13. The zero-order valence-corrected chi connectivity index (χ0v) is 33.0. The number of phenolic OH excluding ortho intramolecular Hbond substituents is 1. The Labute approximate surface area is 340 Å². The molecule has 9 nitrogen and oxygen atoms in total. The van der Waals surface area contributed by atoms with E-state index in [9.17, 15) is 19.8 Å². The number of aromatic amines is 1. The van der Waals surface area contributed by atoms with Crippen molar-refractivity contribution in [3.63, 3.8) is 0 Å². The van der Waals surface area contributed by atoms with E-state index in [-0.39, 0.29) is 23.1 Å². The van der Waals surface area contributed by atoms with Gasteiger partial charge in [-0.2, -0.15) is 0 Å². The third-order valence-electron chi connectivity index (χ3n) is 12.3. The molecule has 298 valence electrons. The van der Waals surface area contributed by atoms with Gasteiger partial charge >= 0.3 is 0 Å². The minimum atomic E-state index is -0.811. The van der Waals surface area contributed by atoms with E-state index in [1.165, 1.54) is 41.7 Å². The number of aliphatic hydroxyl groups excluding tert-OH is 1. The van der Waals surface area contributed by atoms with Gasteiger partial charge in [0.1, 0.15) is 5.75 Å². The summed E-state index contributed by atoms with van der Waals surface area (Å²) in [6.45, 7) is 5.63. The number of amides is 1. The molecule has 4 aromatic carbocycles. The normalized spacial score (nSPS) is 16.7. The Bertz CT molecular complexity index is 2350. The van der Waals surface area contributed by atoms with Crippen LogP contribution < -0.4 is 10.9 Å². The topological polar surface area (TPSA) is 122 Å². The van der Waals surface area contributed by atoms with E-state index >= 15 is 0 Å². The molecule has 2 atom stereocenters. The maximum Gasteiger partial charge on any atom is 0.255 e. The number of pyridine rings is 2. The zero-order valence-electron chi connectivity index (χ0n) is 33.0. The van der Waals surface area contributed by atoms with E-state index in [2.05, 4.69) is 105 Å². The average molecular weight is 776 g/mol. The number of likely N-dealkylation sites (tertiary alicyclic amines) is 2. The van der Waals surface area contributed by atoms with Crippen LogP contribution in [0.5, 0.6) is 5.75 Å². The van der Waals surface area contributed by atoms with Crippen LogP contribution in [0.15, 0.2) is 132 Å². The molecule has 0 bridgehead atoms. The zero-order chi connectivity index (χ0) is 39.8. The Kier molecular flexibility index (Phi) is 12.4. The molecule has 8 rings (SSSR count). The second-order valence-corrected chi connectivity index (χ2v) is 16.2. The maximum atomic E-state index is 13.8. The van der Waals surface area contributed by atoms with Crippen LogP contribution in [0.25, 0.3) is 22.0 Å². The van der Waals surface area contributed by atoms with Crippen LogP contribution in [0, 0.1) is 11.8 Å². The van der Waals surface area contributed by atoms with Gasteiger partial charge < -0.3 is 25.4 Å². The Balaban J connectivity index is 0.869. The van der Waals surface area contributed by atoms with Gasteiger partial charge in [-0.15, -0.1) is 0 Å². The second kappa shape index (κ2) is 18.3. The third kappa shape index (κ3) is 9.39. The maximum absolute atomic E-state index is 13.8. The van der Waals surface area contributed by atoms with Gasteiger partial charge in [-0.05, 0) is 110 Å². The summed E-state index contributed by atoms with van der Waals surface area (Å²) < 4.78 is 0. The van der Waals surface area contributed by atoms with Crippen LogP contribution in [0.4, 0.5) is 0 Å². The van der Waals surface area contributed by atoms with E-state index in [1.807, 2.05) is 17.2 Å². The Hall–Kier alpha value is -5.61. The van der Waals surface area contributed by atoms with Crippen molar-refractivity contribution in [2.75, 3.05) is 39.3 Å². The molecule has 9 heteroatoms. The van der Waals surface area contributed by atoms with Gasteiger partial charge in [0.2, 0.25) is 5.56 Å². The number of fused-ring (bicyclic) bond motifs is 1. The molecule has 6 aromatic rings. The molecule has 2 saturated heterocycles. The van der Waals surface area contributed by atoms with Crippen LogP contribution in [0.3, 0.4) is 0 Å². The fraction of sp³-hybridized carbons (Fsp3) is 0.327. The lowest BCUT2D eigenvalue weighted by molar-refractivity contribution is 0.0688. The summed E-state index contributed by atoms with van der Waals surface area (Å²) in [7, 11) is 0. The third-order valence-corrected chi connectivity index (χ3v) is 12.3. The summed E-state index contributed by atoms with van der Waals surface area (Å²) >= 11 is 0. The number of aromatic hydroxyl groups is 1. The lowest BCUT2D eigenvalue weighted by atomic mass is 9.79. The van der Waals surface area contributed by atoms with Crippen LogP contribution in [0.2, 0.25) is 0 Å². The van der Waals surface area contributed by atoms with Gasteiger partial charge in [-0.25, -0.2) is 0 Å². The minimum absolute atomic E-state index is 0.00496. The molecule has 2 fully saturated rings. The number of aromatic nitrogens is 2. The second-order valence-electron chi connectivity index (χ2n) is 16.2. The lowest BCUT2D eigenvalue weighted by Gasteiger charge is -2.34. The number of nitrogens with one attached hydrogen (secondary N) is 2. The van der Waals surface area contributed by atoms with E-state index in [1.54, 1.807) is 18.3 Å². The number of phenols is 1. The highest BCUT2D eigenvalue weighted by atomic mass is 16.3. The number of carbonyl (C=O) groups excluding carboxylic acids is 1. The van der Waals surface area contributed by atoms with Gasteiger partial charge in [-0.1, -0.05) is 91.0 Å². The van der Waals surface area contributed by atoms with Crippen LogP contribution >= 0.6 is 0 Å². The molecule has 2 aromatic heterocycles. The van der Waals surface area contributed by atoms with Crippen LogP contribution in [0.1, 0.15) is 76.7 Å². The molecule has 1 amide bonds. The number of H-pyrrole nitrogens is 1. The smallest absolute Gasteiger partial charge is 0.255 e. The molecule has 2 aliphatic rings. The summed E-state index contributed by atoms with van der Waals surface area (Å²) in [5, 5.41) is 25.2. The summed E-state index contributed by atoms with van der Waals surface area (Å²) in [6.07, 6.45) is 7.96. The van der Waals surface area contributed by atoms with Crippen molar-refractivity contribution in [3.05, 3.63) is 166 Å². The first kappa shape index (κ1) is 39.2. The monoisotopic (exact) mass is 775 g/mol. The van der Waals surface area contributed by atoms with Gasteiger partial charge in [0, 0.05) is 61.5 Å². The molecule has 0 spiro atoms. The highest BCUT2D eigenvalue weighted by Crippen LogP contribution is 2.37. The molecule has 0 radical (unpaired) electrons. The van der Waals surface area contributed by atoms with Crippen molar-refractivity contribution in [3.8, 4) is 16.9 Å². The number of hydrogen-bond donors (Lipinski definition) is 4. The SMILES string of the molecule is O=C(c1cncc(-c2cccc(C(CC3CCN(Cc4ccccc4)CC3)c3ccccc3)c2)c1)N1CCC(CNCC(O)c2ccc(O)c3[nH]c(=O)ccc23)CC1. The largest absolute Gasteiger partial charge is 0.506 e. The molecule has 4 N–H and O–H groups in total. The van der Waals surface area contributed by atoms with E-state index in [0.29, 0.717) is 53.5 Å². The highest BCUT2D eigenvalue weighted by molar-refractivity contribution is 5.95. The number of benzene rings is 4. The molecule has 4 heterocycles. The predicted molar refractivity (Wildman–Crippen MR) is 230 cm³/mol. The Morgan fingerprint density at radius 2 is 1.50 bits per heavy atom. The van der Waals surface area contributed by atoms with E-state index in [0.717, 1.165) is 56.6 Å². The quantitative estimate of drug-likeness (QED) is 0.0942. The fourth-order valence-corrected chi connectivity index (χ4v) is 8.96.